The van der Waals surface area contributed by atoms with Crippen molar-refractivity contribution in [2.45, 2.75) is 76.7 Å². The molecule has 0 aliphatic carbocycles. The predicted octanol–water partition coefficient (Wildman–Crippen LogP) is 4.02. The normalized spacial score (nSPS) is 19.8. The Morgan fingerprint density at radius 2 is 1.89 bits per heavy atom. The van der Waals surface area contributed by atoms with Gasteiger partial charge in [-0.25, -0.2) is 9.78 Å². The number of aliphatic carboxylic acids is 1. The number of aryl methyl sites for hydroxylation is 1. The average molecular weight is 513 g/mol. The van der Waals surface area contributed by atoms with E-state index < -0.39 is 11.6 Å². The quantitative estimate of drug-likeness (QED) is 0.481. The number of nitrogens with one attached hydrogen (secondary N) is 1. The maximum Gasteiger partial charge on any atom is 0.320 e. The Hall–Kier alpha value is -3.10. The van der Waals surface area contributed by atoms with Gasteiger partial charge in [0.25, 0.3) is 0 Å². The summed E-state index contributed by atoms with van der Waals surface area (Å²) in [6, 6.07) is 4.39. The van der Waals surface area contributed by atoms with Gasteiger partial charge in [0.15, 0.2) is 0 Å². The largest absolute Gasteiger partial charge is 0.494 e. The van der Waals surface area contributed by atoms with Crippen LogP contribution >= 0.6 is 0 Å². The lowest BCUT2D eigenvalue weighted by molar-refractivity contribution is -0.144. The topological polar surface area (TPSA) is 112 Å². The predicted molar refractivity (Wildman–Crippen MR) is 140 cm³/mol. The molecule has 3 aliphatic heterocycles. The van der Waals surface area contributed by atoms with Gasteiger partial charge in [-0.15, -0.1) is 0 Å². The van der Waals surface area contributed by atoms with Crippen LogP contribution in [0.2, 0.25) is 0 Å². The highest BCUT2D eigenvalue weighted by atomic mass is 16.5. The smallest absolute Gasteiger partial charge is 0.320 e. The highest BCUT2D eigenvalue weighted by molar-refractivity contribution is 5.75. The number of nitrogens with zero attached hydrogens (tertiary/aromatic N) is 3. The van der Waals surface area contributed by atoms with Gasteiger partial charge in [0.05, 0.1) is 12.7 Å². The van der Waals surface area contributed by atoms with Gasteiger partial charge >= 0.3 is 12.0 Å². The number of carboxylic acid groups (broad SMARTS) is 1. The van der Waals surface area contributed by atoms with E-state index in [1.807, 2.05) is 9.80 Å². The standard InChI is InChI=1S/C28H40N4O5/c1-21(33)5-2-3-18-37-28(20-25(34)35)11-16-32(17-12-28)27(36)31-14-9-22(10-15-31)19-24-8-7-23-6-4-13-29-26(23)30-24/h3,7-8,18,22H,2,4-6,9-17,19-20H2,1H3,(H,29,30)(H,34,35)/b18-3+. The Bertz CT molecular complexity index is 994. The minimum absolute atomic E-state index is 0.0375. The maximum absolute atomic E-state index is 13.2. The molecule has 202 valence electrons. The van der Waals surface area contributed by atoms with E-state index in [0.29, 0.717) is 44.7 Å². The van der Waals surface area contributed by atoms with Gasteiger partial charge in [-0.05, 0) is 69.1 Å². The fourth-order valence-electron chi connectivity index (χ4n) is 5.57. The van der Waals surface area contributed by atoms with Crippen LogP contribution in [-0.2, 0) is 27.2 Å². The third kappa shape index (κ3) is 7.46. The molecule has 1 aromatic heterocycles. The third-order valence-corrected chi connectivity index (χ3v) is 7.83. The third-order valence-electron chi connectivity index (χ3n) is 7.83. The number of aromatic nitrogens is 1. The monoisotopic (exact) mass is 512 g/mol. The number of anilines is 1. The molecule has 4 heterocycles. The van der Waals surface area contributed by atoms with E-state index in [-0.39, 0.29) is 18.2 Å². The molecular weight excluding hydrogens is 472 g/mol. The van der Waals surface area contributed by atoms with E-state index in [0.717, 1.165) is 63.3 Å². The van der Waals surface area contributed by atoms with Crippen LogP contribution in [-0.4, -0.2) is 76.0 Å². The minimum atomic E-state index is -0.914. The number of carboxylic acids is 1. The summed E-state index contributed by atoms with van der Waals surface area (Å²) in [4.78, 5) is 44.4. The number of amides is 2. The molecule has 9 nitrogen and oxygen atoms in total. The Morgan fingerprint density at radius 3 is 2.59 bits per heavy atom. The number of urea groups is 1. The minimum Gasteiger partial charge on any atom is -0.494 e. The first-order chi connectivity index (χ1) is 17.8. The lowest BCUT2D eigenvalue weighted by atomic mass is 9.87. The van der Waals surface area contributed by atoms with Crippen LogP contribution < -0.4 is 5.32 Å². The molecule has 0 radical (unpaired) electrons. The molecule has 3 aliphatic rings. The summed E-state index contributed by atoms with van der Waals surface area (Å²) < 4.78 is 5.91. The fraction of sp³-hybridized carbons (Fsp3) is 0.643. The number of piperidine rings is 2. The molecule has 4 rings (SSSR count). The fourth-order valence-corrected chi connectivity index (χ4v) is 5.57. The summed E-state index contributed by atoms with van der Waals surface area (Å²) in [7, 11) is 0. The number of hydrogen-bond acceptors (Lipinski definition) is 6. The second-order valence-electron chi connectivity index (χ2n) is 10.7. The number of hydrogen-bond donors (Lipinski definition) is 2. The molecule has 0 aromatic carbocycles. The van der Waals surface area contributed by atoms with Crippen molar-refractivity contribution < 1.29 is 24.2 Å². The van der Waals surface area contributed by atoms with E-state index in [1.165, 1.54) is 11.8 Å². The first-order valence-corrected chi connectivity index (χ1v) is 13.6. The molecule has 0 spiro atoms. The number of Topliss-reactive ketones (excluding diaryl/α,β-unsaturated/α-hetero) is 1. The van der Waals surface area contributed by atoms with Gasteiger partial charge < -0.3 is 29.8 Å². The van der Waals surface area contributed by atoms with Gasteiger partial charge in [-0.1, -0.05) is 6.07 Å². The van der Waals surface area contributed by atoms with Crippen molar-refractivity contribution in [3.8, 4) is 0 Å². The molecule has 9 heteroatoms. The number of likely N-dealkylation sites (tertiary alicyclic amines) is 2. The van der Waals surface area contributed by atoms with Crippen LogP contribution in [0.15, 0.2) is 24.5 Å². The van der Waals surface area contributed by atoms with Crippen molar-refractivity contribution in [2.24, 2.45) is 5.92 Å². The van der Waals surface area contributed by atoms with Gasteiger partial charge in [0.1, 0.15) is 17.2 Å². The number of fused-ring (bicyclic) bond motifs is 1. The van der Waals surface area contributed by atoms with E-state index in [4.69, 9.17) is 9.72 Å². The van der Waals surface area contributed by atoms with Crippen LogP contribution in [0.4, 0.5) is 10.6 Å². The number of ether oxygens (including phenoxy) is 1. The zero-order chi connectivity index (χ0) is 26.3. The van der Waals surface area contributed by atoms with Crippen LogP contribution in [0.1, 0.15) is 69.5 Å². The van der Waals surface area contributed by atoms with Crippen LogP contribution in [0.3, 0.4) is 0 Å². The van der Waals surface area contributed by atoms with Crippen molar-refractivity contribution in [2.75, 3.05) is 38.0 Å². The molecule has 0 atom stereocenters. The molecule has 37 heavy (non-hydrogen) atoms. The van der Waals surface area contributed by atoms with Crippen LogP contribution in [0, 0.1) is 5.92 Å². The second-order valence-corrected chi connectivity index (χ2v) is 10.7. The molecule has 2 fully saturated rings. The molecular formula is C28H40N4O5. The van der Waals surface area contributed by atoms with Crippen molar-refractivity contribution >= 4 is 23.6 Å². The second kappa shape index (κ2) is 12.4. The van der Waals surface area contributed by atoms with Gasteiger partial charge in [-0.2, -0.15) is 0 Å². The first kappa shape index (κ1) is 26.9. The zero-order valence-electron chi connectivity index (χ0n) is 21.9. The first-order valence-electron chi connectivity index (χ1n) is 13.6. The lowest BCUT2D eigenvalue weighted by Crippen LogP contribution is -2.53. The Labute approximate surface area is 219 Å². The summed E-state index contributed by atoms with van der Waals surface area (Å²) in [6.07, 6.45) is 10.2. The molecule has 2 N–H and O–H groups in total. The number of carbonyl (C=O) groups excluding carboxylic acids is 2. The number of pyridine rings is 1. The molecule has 0 unspecified atom stereocenters. The van der Waals surface area contributed by atoms with Crippen molar-refractivity contribution in [3.05, 3.63) is 35.7 Å². The van der Waals surface area contributed by atoms with Gasteiger partial charge in [0.2, 0.25) is 0 Å². The molecule has 2 saturated heterocycles. The number of carbonyl (C=O) groups is 3. The SMILES string of the molecule is CC(=O)CC/C=C/OC1(CC(=O)O)CCN(C(=O)N2CCC(Cc3ccc4c(n3)NCCC4)CC2)CC1. The number of ketones is 1. The van der Waals surface area contributed by atoms with Crippen molar-refractivity contribution in [1.29, 1.82) is 0 Å². The van der Waals surface area contributed by atoms with E-state index in [1.54, 1.807) is 13.0 Å². The average Bonchev–Trinajstić information content (AvgIpc) is 2.88. The van der Waals surface area contributed by atoms with Crippen LogP contribution in [0.25, 0.3) is 0 Å². The van der Waals surface area contributed by atoms with Gasteiger partial charge in [0, 0.05) is 57.7 Å². The van der Waals surface area contributed by atoms with E-state index in [9.17, 15) is 19.5 Å². The molecule has 2 amide bonds. The lowest BCUT2D eigenvalue weighted by Gasteiger charge is -2.42. The van der Waals surface area contributed by atoms with Crippen molar-refractivity contribution in [3.63, 3.8) is 0 Å². The highest BCUT2D eigenvalue weighted by Crippen LogP contribution is 2.32. The number of rotatable bonds is 9. The summed E-state index contributed by atoms with van der Waals surface area (Å²) >= 11 is 0. The summed E-state index contributed by atoms with van der Waals surface area (Å²) in [6.45, 7) is 4.94. The Morgan fingerprint density at radius 1 is 1.16 bits per heavy atom. The summed E-state index contributed by atoms with van der Waals surface area (Å²) in [5.74, 6) is 0.749. The molecule has 0 saturated carbocycles. The molecule has 1 aromatic rings. The zero-order valence-corrected chi connectivity index (χ0v) is 21.9. The van der Waals surface area contributed by atoms with Crippen LogP contribution in [0.5, 0.6) is 0 Å². The summed E-state index contributed by atoms with van der Waals surface area (Å²) in [5, 5.41) is 12.8. The molecule has 0 bridgehead atoms. The highest BCUT2D eigenvalue weighted by Gasteiger charge is 2.40. The Kier molecular flexibility index (Phi) is 9.05. The Balaban J connectivity index is 1.24. The van der Waals surface area contributed by atoms with E-state index in [2.05, 4.69) is 17.4 Å². The van der Waals surface area contributed by atoms with E-state index >= 15 is 0 Å². The van der Waals surface area contributed by atoms with Crippen molar-refractivity contribution in [1.82, 2.24) is 14.8 Å². The summed E-state index contributed by atoms with van der Waals surface area (Å²) in [5.41, 5.74) is 1.61. The van der Waals surface area contributed by atoms with Gasteiger partial charge in [-0.3, -0.25) is 4.79 Å². The maximum atomic E-state index is 13.2. The number of allylic oxidation sites excluding steroid dienone is 1.